The highest BCUT2D eigenvalue weighted by Gasteiger charge is 2.21. The molecule has 0 aromatic carbocycles. The Balaban J connectivity index is 0.000000441. The van der Waals surface area contributed by atoms with E-state index in [2.05, 4.69) is 18.6 Å². The standard InChI is InChI=1S/C10H20N2O.C5H10O2/c1-8(2)7-9-3-5-12(6-4-9)10(11)13;1-5(2,3)7-4-6/h8-9H,3-7H2,1-2H3,(H2,11,13);4H,1-3H3. The largest absolute Gasteiger partial charge is 0.462 e. The minimum absolute atomic E-state index is 0.261. The van der Waals surface area contributed by atoms with Gasteiger partial charge in [-0.05, 0) is 51.9 Å². The van der Waals surface area contributed by atoms with E-state index in [1.54, 1.807) is 4.90 Å². The summed E-state index contributed by atoms with van der Waals surface area (Å²) in [4.78, 5) is 22.2. The Bertz CT molecular complexity index is 290. The van der Waals surface area contributed by atoms with Gasteiger partial charge in [-0.3, -0.25) is 4.79 Å². The molecule has 1 heterocycles. The molecule has 1 aliphatic rings. The molecule has 2 amide bonds. The van der Waals surface area contributed by atoms with Gasteiger partial charge in [-0.1, -0.05) is 13.8 Å². The maximum atomic E-state index is 10.8. The van der Waals surface area contributed by atoms with Crippen molar-refractivity contribution in [2.75, 3.05) is 13.1 Å². The summed E-state index contributed by atoms with van der Waals surface area (Å²) in [6.45, 7) is 12.1. The number of likely N-dealkylation sites (tertiary alicyclic amines) is 1. The van der Waals surface area contributed by atoms with Gasteiger partial charge in [0.1, 0.15) is 5.60 Å². The van der Waals surface area contributed by atoms with Gasteiger partial charge < -0.3 is 15.4 Å². The van der Waals surface area contributed by atoms with Crippen LogP contribution in [-0.4, -0.2) is 36.1 Å². The number of urea groups is 1. The van der Waals surface area contributed by atoms with E-state index in [9.17, 15) is 9.59 Å². The molecule has 5 nitrogen and oxygen atoms in total. The number of primary amides is 1. The van der Waals surface area contributed by atoms with Crippen LogP contribution >= 0.6 is 0 Å². The Hall–Kier alpha value is -1.26. The number of carbonyl (C=O) groups is 2. The van der Waals surface area contributed by atoms with Crippen molar-refractivity contribution in [2.24, 2.45) is 17.6 Å². The summed E-state index contributed by atoms with van der Waals surface area (Å²) in [6, 6.07) is -0.261. The molecule has 0 spiro atoms. The smallest absolute Gasteiger partial charge is 0.314 e. The lowest BCUT2D eigenvalue weighted by molar-refractivity contribution is -0.138. The summed E-state index contributed by atoms with van der Waals surface area (Å²) >= 11 is 0. The number of hydrogen-bond donors (Lipinski definition) is 1. The number of carbonyl (C=O) groups excluding carboxylic acids is 2. The molecule has 2 N–H and O–H groups in total. The lowest BCUT2D eigenvalue weighted by Gasteiger charge is -2.31. The summed E-state index contributed by atoms with van der Waals surface area (Å²) in [6.07, 6.45) is 3.54. The molecule has 5 heteroatoms. The molecule has 0 aliphatic carbocycles. The molecule has 0 aromatic heterocycles. The minimum atomic E-state index is -0.318. The van der Waals surface area contributed by atoms with Crippen molar-refractivity contribution in [1.29, 1.82) is 0 Å². The van der Waals surface area contributed by atoms with Gasteiger partial charge in [-0.2, -0.15) is 0 Å². The topological polar surface area (TPSA) is 72.6 Å². The number of ether oxygens (including phenoxy) is 1. The van der Waals surface area contributed by atoms with Crippen molar-refractivity contribution >= 4 is 12.5 Å². The van der Waals surface area contributed by atoms with E-state index in [-0.39, 0.29) is 11.6 Å². The van der Waals surface area contributed by atoms with Gasteiger partial charge in [0.05, 0.1) is 0 Å². The van der Waals surface area contributed by atoms with Gasteiger partial charge in [0.25, 0.3) is 6.47 Å². The number of rotatable bonds is 3. The van der Waals surface area contributed by atoms with Gasteiger partial charge in [-0.15, -0.1) is 0 Å². The average molecular weight is 286 g/mol. The van der Waals surface area contributed by atoms with Gasteiger partial charge in [0, 0.05) is 13.1 Å². The third-order valence-electron chi connectivity index (χ3n) is 3.13. The van der Waals surface area contributed by atoms with Crippen LogP contribution in [0.2, 0.25) is 0 Å². The van der Waals surface area contributed by atoms with Crippen molar-refractivity contribution in [3.8, 4) is 0 Å². The van der Waals surface area contributed by atoms with Crippen LogP contribution in [0.5, 0.6) is 0 Å². The highest BCUT2D eigenvalue weighted by atomic mass is 16.5. The summed E-state index contributed by atoms with van der Waals surface area (Å²) in [5.41, 5.74) is 4.88. The van der Waals surface area contributed by atoms with E-state index in [1.807, 2.05) is 20.8 Å². The Kier molecular flexibility index (Phi) is 8.26. The van der Waals surface area contributed by atoms with Crippen LogP contribution in [0.3, 0.4) is 0 Å². The molecule has 0 bridgehead atoms. The summed E-state index contributed by atoms with van der Waals surface area (Å²) < 4.78 is 4.55. The first-order valence-electron chi connectivity index (χ1n) is 7.31. The van der Waals surface area contributed by atoms with Crippen molar-refractivity contribution in [3.63, 3.8) is 0 Å². The fraction of sp³-hybridized carbons (Fsp3) is 0.867. The van der Waals surface area contributed by atoms with Gasteiger partial charge in [0.15, 0.2) is 0 Å². The summed E-state index contributed by atoms with van der Waals surface area (Å²) in [5.74, 6) is 1.57. The predicted octanol–water partition coefficient (Wildman–Crippen LogP) is 2.78. The first-order chi connectivity index (χ1) is 9.15. The summed E-state index contributed by atoms with van der Waals surface area (Å²) in [7, 11) is 0. The quantitative estimate of drug-likeness (QED) is 0.811. The zero-order valence-electron chi connectivity index (χ0n) is 13.5. The van der Waals surface area contributed by atoms with Crippen LogP contribution in [0.15, 0.2) is 0 Å². The van der Waals surface area contributed by atoms with Crippen LogP contribution in [0.1, 0.15) is 53.9 Å². The Morgan fingerprint density at radius 3 is 2.10 bits per heavy atom. The lowest BCUT2D eigenvalue weighted by atomic mass is 9.89. The van der Waals surface area contributed by atoms with Crippen LogP contribution in [-0.2, 0) is 9.53 Å². The number of piperidine rings is 1. The van der Waals surface area contributed by atoms with Gasteiger partial charge in [0.2, 0.25) is 0 Å². The first kappa shape index (κ1) is 18.7. The maximum Gasteiger partial charge on any atom is 0.314 e. The zero-order valence-corrected chi connectivity index (χ0v) is 13.5. The van der Waals surface area contributed by atoms with Crippen LogP contribution in [0.25, 0.3) is 0 Å². The molecule has 1 rings (SSSR count). The SMILES string of the molecule is CC(C)(C)OC=O.CC(C)CC1CCN(C(N)=O)CC1. The third kappa shape index (κ3) is 9.64. The van der Waals surface area contributed by atoms with E-state index in [1.165, 1.54) is 6.42 Å². The first-order valence-corrected chi connectivity index (χ1v) is 7.31. The third-order valence-corrected chi connectivity index (χ3v) is 3.13. The second kappa shape index (κ2) is 8.82. The summed E-state index contributed by atoms with van der Waals surface area (Å²) in [5, 5.41) is 0. The van der Waals surface area contributed by atoms with Crippen LogP contribution in [0, 0.1) is 11.8 Å². The van der Waals surface area contributed by atoms with E-state index < -0.39 is 0 Å². The zero-order chi connectivity index (χ0) is 15.8. The second-order valence-electron chi connectivity index (χ2n) is 6.72. The van der Waals surface area contributed by atoms with Crippen LogP contribution in [0.4, 0.5) is 4.79 Å². The molecule has 0 saturated carbocycles. The molecule has 1 aliphatic heterocycles. The monoisotopic (exact) mass is 286 g/mol. The second-order valence-corrected chi connectivity index (χ2v) is 6.72. The normalized spacial score (nSPS) is 16.4. The molecule has 1 fully saturated rings. The fourth-order valence-electron chi connectivity index (χ4n) is 2.20. The van der Waals surface area contributed by atoms with E-state index >= 15 is 0 Å². The number of nitrogens with zero attached hydrogens (tertiary/aromatic N) is 1. The molecule has 0 aromatic rings. The van der Waals surface area contributed by atoms with Crippen molar-refractivity contribution < 1.29 is 14.3 Å². The number of nitrogens with two attached hydrogens (primary N) is 1. The molecule has 0 unspecified atom stereocenters. The molecule has 1 saturated heterocycles. The lowest BCUT2D eigenvalue weighted by Crippen LogP contribution is -2.41. The Morgan fingerprint density at radius 1 is 1.35 bits per heavy atom. The molecule has 0 atom stereocenters. The minimum Gasteiger partial charge on any atom is -0.462 e. The fourth-order valence-corrected chi connectivity index (χ4v) is 2.20. The van der Waals surface area contributed by atoms with E-state index in [0.717, 1.165) is 37.8 Å². The predicted molar refractivity (Wildman–Crippen MR) is 80.2 cm³/mol. The average Bonchev–Trinajstić information content (AvgIpc) is 2.28. The van der Waals surface area contributed by atoms with Gasteiger partial charge >= 0.3 is 6.03 Å². The Morgan fingerprint density at radius 2 is 1.85 bits per heavy atom. The van der Waals surface area contributed by atoms with Crippen molar-refractivity contribution in [1.82, 2.24) is 4.90 Å². The number of hydrogen-bond acceptors (Lipinski definition) is 3. The molecule has 0 radical (unpaired) electrons. The molecule has 20 heavy (non-hydrogen) atoms. The number of amides is 2. The molecule has 118 valence electrons. The van der Waals surface area contributed by atoms with E-state index in [4.69, 9.17) is 5.73 Å². The molecular formula is C15H30N2O3. The Labute approximate surface area is 122 Å². The van der Waals surface area contributed by atoms with E-state index in [0.29, 0.717) is 6.47 Å². The van der Waals surface area contributed by atoms with Gasteiger partial charge in [-0.25, -0.2) is 4.79 Å². The molecular weight excluding hydrogens is 256 g/mol. The van der Waals surface area contributed by atoms with Crippen molar-refractivity contribution in [3.05, 3.63) is 0 Å². The highest BCUT2D eigenvalue weighted by molar-refractivity contribution is 5.72. The van der Waals surface area contributed by atoms with Crippen molar-refractivity contribution in [2.45, 2.75) is 59.5 Å². The highest BCUT2D eigenvalue weighted by Crippen LogP contribution is 2.23. The van der Waals surface area contributed by atoms with Crippen LogP contribution < -0.4 is 5.73 Å². The maximum absolute atomic E-state index is 10.8.